The molecule has 0 radical (unpaired) electrons. The summed E-state index contributed by atoms with van der Waals surface area (Å²) < 4.78 is 4.77. The van der Waals surface area contributed by atoms with Crippen molar-refractivity contribution in [3.05, 3.63) is 28.6 Å². The number of nitriles is 1. The van der Waals surface area contributed by atoms with Crippen LogP contribution >= 0.6 is 0 Å². The van der Waals surface area contributed by atoms with E-state index in [0.29, 0.717) is 0 Å². The van der Waals surface area contributed by atoms with Crippen molar-refractivity contribution in [2.24, 2.45) is 0 Å². The third-order valence-corrected chi connectivity index (χ3v) is 2.34. The monoisotopic (exact) mass is 218 g/mol. The molecule has 0 spiro atoms. The molecule has 1 rings (SSSR count). The van der Waals surface area contributed by atoms with Gasteiger partial charge >= 0.3 is 5.97 Å². The topological polar surface area (TPSA) is 65.9 Å². The van der Waals surface area contributed by atoms with E-state index in [9.17, 15) is 4.79 Å². The number of hydrogen-bond acceptors (Lipinski definition) is 3. The van der Waals surface area contributed by atoms with Crippen LogP contribution in [0.4, 0.5) is 0 Å². The zero-order chi connectivity index (χ0) is 12.1. The number of ether oxygens (including phenoxy) is 1. The maximum Gasteiger partial charge on any atom is 0.348 e. The van der Waals surface area contributed by atoms with E-state index in [1.54, 1.807) is 6.92 Å². The molecule has 0 aliphatic carbocycles. The normalized spacial score (nSPS) is 11.0. The second kappa shape index (κ2) is 5.17. The van der Waals surface area contributed by atoms with Crippen molar-refractivity contribution in [2.75, 3.05) is 6.61 Å². The Balaban J connectivity index is 3.02. The highest BCUT2D eigenvalue weighted by atomic mass is 16.5. The highest BCUT2D eigenvalue weighted by Crippen LogP contribution is 2.15. The van der Waals surface area contributed by atoms with Crippen molar-refractivity contribution in [1.29, 1.82) is 5.26 Å². The number of hydrogen-bond donors (Lipinski definition) is 1. The fraction of sp³-hybridized carbons (Fsp3) is 0.333. The maximum absolute atomic E-state index is 11.4. The first-order valence-electron chi connectivity index (χ1n) is 5.03. The fourth-order valence-electron chi connectivity index (χ4n) is 1.25. The second-order valence-electron chi connectivity index (χ2n) is 3.40. The summed E-state index contributed by atoms with van der Waals surface area (Å²) in [6, 6.07) is 1.84. The molecule has 4 nitrogen and oxygen atoms in total. The molecule has 16 heavy (non-hydrogen) atoms. The van der Waals surface area contributed by atoms with E-state index >= 15 is 0 Å². The van der Waals surface area contributed by atoms with E-state index < -0.39 is 5.97 Å². The first-order chi connectivity index (χ1) is 7.60. The molecule has 0 fully saturated rings. The van der Waals surface area contributed by atoms with E-state index in [-0.39, 0.29) is 12.2 Å². The third kappa shape index (κ3) is 2.51. The van der Waals surface area contributed by atoms with Gasteiger partial charge in [-0.2, -0.15) is 5.26 Å². The zero-order valence-corrected chi connectivity index (χ0v) is 9.63. The average molecular weight is 218 g/mol. The largest absolute Gasteiger partial charge is 0.462 e. The maximum atomic E-state index is 11.4. The number of aryl methyl sites for hydroxylation is 1. The van der Waals surface area contributed by atoms with Crippen LogP contribution in [-0.2, 0) is 9.53 Å². The number of aromatic amines is 1. The Morgan fingerprint density at radius 1 is 1.62 bits per heavy atom. The van der Waals surface area contributed by atoms with Gasteiger partial charge in [0.25, 0.3) is 0 Å². The van der Waals surface area contributed by atoms with E-state index in [1.165, 1.54) is 6.08 Å². The van der Waals surface area contributed by atoms with Gasteiger partial charge < -0.3 is 9.72 Å². The van der Waals surface area contributed by atoms with Crippen molar-refractivity contribution >= 4 is 12.0 Å². The summed E-state index contributed by atoms with van der Waals surface area (Å²) >= 11 is 0. The van der Waals surface area contributed by atoms with Crippen LogP contribution in [0, 0.1) is 25.2 Å². The van der Waals surface area contributed by atoms with Crippen LogP contribution in [0.1, 0.15) is 23.7 Å². The molecule has 4 heteroatoms. The van der Waals surface area contributed by atoms with Crippen molar-refractivity contribution in [2.45, 2.75) is 20.8 Å². The molecule has 0 saturated carbocycles. The molecule has 1 aromatic heterocycles. The number of nitrogens with zero attached hydrogens (tertiary/aromatic N) is 1. The highest BCUT2D eigenvalue weighted by Gasteiger charge is 2.11. The van der Waals surface area contributed by atoms with Gasteiger partial charge in [-0.3, -0.25) is 0 Å². The summed E-state index contributed by atoms with van der Waals surface area (Å²) in [5.41, 5.74) is 2.89. The number of H-pyrrole nitrogens is 1. The van der Waals surface area contributed by atoms with Crippen molar-refractivity contribution in [1.82, 2.24) is 4.98 Å². The predicted octanol–water partition coefficient (Wildman–Crippen LogP) is 2.10. The molecule has 0 aromatic carbocycles. The molecule has 0 saturated heterocycles. The zero-order valence-electron chi connectivity index (χ0n) is 9.63. The number of aromatic nitrogens is 1. The Kier molecular flexibility index (Phi) is 3.90. The molecular weight excluding hydrogens is 204 g/mol. The van der Waals surface area contributed by atoms with Crippen LogP contribution in [0.15, 0.2) is 11.8 Å². The van der Waals surface area contributed by atoms with Gasteiger partial charge in [0, 0.05) is 11.9 Å². The van der Waals surface area contributed by atoms with Gasteiger partial charge in [-0.05, 0) is 38.0 Å². The van der Waals surface area contributed by atoms with Gasteiger partial charge in [-0.1, -0.05) is 0 Å². The molecule has 0 aliphatic heterocycles. The Hall–Kier alpha value is -2.02. The molecule has 84 valence electrons. The summed E-state index contributed by atoms with van der Waals surface area (Å²) in [6.07, 6.45) is 3.35. The predicted molar refractivity (Wildman–Crippen MR) is 60.5 cm³/mol. The summed E-state index contributed by atoms with van der Waals surface area (Å²) in [6.45, 7) is 5.86. The molecule has 0 unspecified atom stereocenters. The van der Waals surface area contributed by atoms with Gasteiger partial charge in [-0.25, -0.2) is 4.79 Å². The minimum Gasteiger partial charge on any atom is -0.462 e. The average Bonchev–Trinajstić information content (AvgIpc) is 2.57. The Bertz CT molecular complexity index is 464. The molecule has 0 atom stereocenters. The van der Waals surface area contributed by atoms with Gasteiger partial charge in [-0.15, -0.1) is 0 Å². The Morgan fingerprint density at radius 3 is 2.75 bits per heavy atom. The summed E-state index contributed by atoms with van der Waals surface area (Å²) in [5.74, 6) is -0.586. The molecule has 1 heterocycles. The molecule has 0 bridgehead atoms. The Morgan fingerprint density at radius 2 is 2.31 bits per heavy atom. The number of rotatable bonds is 3. The molecule has 1 aromatic rings. The number of nitrogens with one attached hydrogen (secondary N) is 1. The fourth-order valence-corrected chi connectivity index (χ4v) is 1.25. The first-order valence-corrected chi connectivity index (χ1v) is 5.03. The van der Waals surface area contributed by atoms with E-state index in [4.69, 9.17) is 10.00 Å². The van der Waals surface area contributed by atoms with E-state index in [0.717, 1.165) is 16.8 Å². The number of carbonyl (C=O) groups excluding carboxylic acids is 1. The first kappa shape index (κ1) is 12.1. The lowest BCUT2D eigenvalue weighted by molar-refractivity contribution is -0.137. The van der Waals surface area contributed by atoms with Crippen molar-refractivity contribution < 1.29 is 9.53 Å². The van der Waals surface area contributed by atoms with Crippen LogP contribution in [0.25, 0.3) is 6.08 Å². The van der Waals surface area contributed by atoms with Crippen molar-refractivity contribution in [3.63, 3.8) is 0 Å². The highest BCUT2D eigenvalue weighted by molar-refractivity contribution is 5.97. The van der Waals surface area contributed by atoms with E-state index in [2.05, 4.69) is 4.98 Å². The van der Waals surface area contributed by atoms with Gasteiger partial charge in [0.15, 0.2) is 0 Å². The lowest BCUT2D eigenvalue weighted by Gasteiger charge is -1.99. The van der Waals surface area contributed by atoms with Crippen LogP contribution < -0.4 is 0 Å². The molecule has 0 aliphatic rings. The molecule has 1 N–H and O–H groups in total. The number of esters is 1. The van der Waals surface area contributed by atoms with Crippen LogP contribution in [0.5, 0.6) is 0 Å². The minimum atomic E-state index is -0.586. The summed E-state index contributed by atoms with van der Waals surface area (Å²) in [7, 11) is 0. The SMILES string of the molecule is CCOC(=O)/C(C#N)=C/c1[nH]cc(C)c1C. The standard InChI is InChI=1S/C12H14N2O2/c1-4-16-12(15)10(6-13)5-11-9(3)8(2)7-14-11/h5,7,14H,4H2,1-3H3/b10-5+. The lowest BCUT2D eigenvalue weighted by Crippen LogP contribution is -2.06. The van der Waals surface area contributed by atoms with Crippen LogP contribution in [0.3, 0.4) is 0 Å². The third-order valence-electron chi connectivity index (χ3n) is 2.34. The summed E-state index contributed by atoms with van der Waals surface area (Å²) in [4.78, 5) is 14.4. The van der Waals surface area contributed by atoms with Crippen LogP contribution in [0.2, 0.25) is 0 Å². The van der Waals surface area contributed by atoms with Gasteiger partial charge in [0.1, 0.15) is 11.6 Å². The Labute approximate surface area is 94.5 Å². The van der Waals surface area contributed by atoms with E-state index in [1.807, 2.05) is 26.1 Å². The lowest BCUT2D eigenvalue weighted by atomic mass is 10.1. The van der Waals surface area contributed by atoms with Gasteiger partial charge in [0.2, 0.25) is 0 Å². The quantitative estimate of drug-likeness (QED) is 0.480. The molecular formula is C12H14N2O2. The number of carbonyl (C=O) groups is 1. The van der Waals surface area contributed by atoms with Crippen molar-refractivity contribution in [3.8, 4) is 6.07 Å². The minimum absolute atomic E-state index is 0.00630. The van der Waals surface area contributed by atoms with Gasteiger partial charge in [0.05, 0.1) is 6.61 Å². The molecule has 0 amide bonds. The second-order valence-corrected chi connectivity index (χ2v) is 3.40. The van der Waals surface area contributed by atoms with Crippen LogP contribution in [-0.4, -0.2) is 17.6 Å². The summed E-state index contributed by atoms with van der Waals surface area (Å²) in [5, 5.41) is 8.85. The smallest absolute Gasteiger partial charge is 0.348 e.